The Balaban J connectivity index is 4.49. The van der Waals surface area contributed by atoms with Crippen LogP contribution in [0.1, 0.15) is 149 Å². The first-order valence-electron chi connectivity index (χ1n) is 19.9. The number of phosphoric ester groups is 1. The third-order valence-corrected chi connectivity index (χ3v) is 9.11. The number of allylic oxidation sites excluding steroid dienone is 8. The average molecular weight is 741 g/mol. The maximum Gasteiger partial charge on any atom is 0.472 e. The van der Waals surface area contributed by atoms with Crippen molar-refractivity contribution in [1.29, 1.82) is 0 Å². The molecule has 0 aromatic heterocycles. The maximum atomic E-state index is 12.6. The summed E-state index contributed by atoms with van der Waals surface area (Å²) in [7, 11) is 1.45. The highest BCUT2D eigenvalue weighted by atomic mass is 31.2. The number of rotatable bonds is 35. The molecule has 0 aliphatic carbocycles. The van der Waals surface area contributed by atoms with Gasteiger partial charge in [0.05, 0.1) is 27.7 Å². The molecule has 51 heavy (non-hydrogen) atoms. The van der Waals surface area contributed by atoms with Crippen molar-refractivity contribution in [2.24, 2.45) is 0 Å². The lowest BCUT2D eigenvalue weighted by atomic mass is 10.0. The summed E-state index contributed by atoms with van der Waals surface area (Å²) in [6.45, 7) is 4.24. The zero-order chi connectivity index (χ0) is 37.9. The predicted octanol–water partition coefficient (Wildman–Crippen LogP) is 10.7. The molecule has 0 aromatic carbocycles. The van der Waals surface area contributed by atoms with Crippen LogP contribution in [-0.2, 0) is 32.7 Å². The SMILES string of the molecule is CC/C=C\C/C=C\C/C=C\C/C=C\CCCCC(=O)OC[C@H](COP(=O)(O)OCC[N+](C)(C)C)OC(=O)CCCCCCCCCCCCCC. The molecule has 2 atom stereocenters. The summed E-state index contributed by atoms with van der Waals surface area (Å²) in [6.07, 6.45) is 37.3. The molecular formula is C41H75NO8P+. The van der Waals surface area contributed by atoms with E-state index in [9.17, 15) is 19.0 Å². The van der Waals surface area contributed by atoms with Gasteiger partial charge in [0.2, 0.25) is 0 Å². The molecule has 0 radical (unpaired) electrons. The molecular weight excluding hydrogens is 665 g/mol. The fraction of sp³-hybridized carbons (Fsp3) is 0.756. The first-order chi connectivity index (χ1) is 24.5. The van der Waals surface area contributed by atoms with Crippen molar-refractivity contribution in [1.82, 2.24) is 0 Å². The molecule has 0 amide bonds. The molecule has 1 unspecified atom stereocenters. The van der Waals surface area contributed by atoms with E-state index in [4.69, 9.17) is 18.5 Å². The van der Waals surface area contributed by atoms with Gasteiger partial charge in [-0.1, -0.05) is 133 Å². The second-order valence-electron chi connectivity index (χ2n) is 14.3. The number of phosphoric acid groups is 1. The normalized spacial score (nSPS) is 14.2. The van der Waals surface area contributed by atoms with Gasteiger partial charge in [0.15, 0.2) is 6.10 Å². The highest BCUT2D eigenvalue weighted by Gasteiger charge is 2.27. The van der Waals surface area contributed by atoms with Gasteiger partial charge in [0.1, 0.15) is 19.8 Å². The minimum atomic E-state index is -4.38. The highest BCUT2D eigenvalue weighted by molar-refractivity contribution is 7.47. The lowest BCUT2D eigenvalue weighted by Gasteiger charge is -2.24. The van der Waals surface area contributed by atoms with Gasteiger partial charge in [-0.05, 0) is 51.4 Å². The van der Waals surface area contributed by atoms with Crippen LogP contribution in [0.3, 0.4) is 0 Å². The lowest BCUT2D eigenvalue weighted by molar-refractivity contribution is -0.870. The molecule has 10 heteroatoms. The number of esters is 2. The van der Waals surface area contributed by atoms with Crippen molar-refractivity contribution < 1.29 is 42.1 Å². The minimum absolute atomic E-state index is 0.0244. The molecule has 0 rings (SSSR count). The summed E-state index contributed by atoms with van der Waals surface area (Å²) in [5.41, 5.74) is 0. The van der Waals surface area contributed by atoms with E-state index in [1.807, 2.05) is 21.1 Å². The first-order valence-corrected chi connectivity index (χ1v) is 21.4. The van der Waals surface area contributed by atoms with Gasteiger partial charge in [-0.3, -0.25) is 18.6 Å². The number of unbranched alkanes of at least 4 members (excludes halogenated alkanes) is 13. The second-order valence-corrected chi connectivity index (χ2v) is 15.7. The van der Waals surface area contributed by atoms with Crippen LogP contribution in [0.25, 0.3) is 0 Å². The molecule has 0 heterocycles. The van der Waals surface area contributed by atoms with Crippen molar-refractivity contribution in [3.05, 3.63) is 48.6 Å². The smallest absolute Gasteiger partial charge is 0.462 e. The van der Waals surface area contributed by atoms with Gasteiger partial charge in [-0.25, -0.2) is 4.57 Å². The Kier molecular flexibility index (Phi) is 32.4. The minimum Gasteiger partial charge on any atom is -0.462 e. The van der Waals surface area contributed by atoms with E-state index >= 15 is 0 Å². The number of carbonyl (C=O) groups excluding carboxylic acids is 2. The predicted molar refractivity (Wildman–Crippen MR) is 210 cm³/mol. The van der Waals surface area contributed by atoms with E-state index < -0.39 is 32.5 Å². The number of nitrogens with zero attached hydrogens (tertiary/aromatic N) is 1. The van der Waals surface area contributed by atoms with Crippen LogP contribution in [0.15, 0.2) is 48.6 Å². The topological polar surface area (TPSA) is 108 Å². The summed E-state index contributed by atoms with van der Waals surface area (Å²) < 4.78 is 34.1. The van der Waals surface area contributed by atoms with Crippen LogP contribution < -0.4 is 0 Å². The fourth-order valence-electron chi connectivity index (χ4n) is 5.00. The van der Waals surface area contributed by atoms with E-state index in [-0.39, 0.29) is 26.1 Å². The third kappa shape index (κ3) is 37.5. The summed E-state index contributed by atoms with van der Waals surface area (Å²) in [5, 5.41) is 0. The van der Waals surface area contributed by atoms with E-state index in [0.29, 0.717) is 23.9 Å². The molecule has 0 aromatic rings. The Labute approximate surface area is 312 Å². The zero-order valence-electron chi connectivity index (χ0n) is 33.1. The monoisotopic (exact) mass is 741 g/mol. The van der Waals surface area contributed by atoms with Gasteiger partial charge in [-0.15, -0.1) is 0 Å². The molecule has 296 valence electrons. The average Bonchev–Trinajstić information content (AvgIpc) is 3.07. The fourth-order valence-corrected chi connectivity index (χ4v) is 5.74. The molecule has 0 aliphatic rings. The van der Waals surface area contributed by atoms with Gasteiger partial charge in [0.25, 0.3) is 0 Å². The second kappa shape index (κ2) is 33.8. The van der Waals surface area contributed by atoms with Crippen molar-refractivity contribution in [3.8, 4) is 0 Å². The molecule has 1 N–H and O–H groups in total. The lowest BCUT2D eigenvalue weighted by Crippen LogP contribution is -2.37. The third-order valence-electron chi connectivity index (χ3n) is 8.12. The van der Waals surface area contributed by atoms with E-state index in [0.717, 1.165) is 51.4 Å². The summed E-state index contributed by atoms with van der Waals surface area (Å²) in [4.78, 5) is 35.2. The van der Waals surface area contributed by atoms with Crippen molar-refractivity contribution in [3.63, 3.8) is 0 Å². The number of likely N-dealkylation sites (N-methyl/N-ethyl adjacent to an activating group) is 1. The van der Waals surface area contributed by atoms with Crippen LogP contribution >= 0.6 is 7.82 Å². The standard InChI is InChI=1S/C41H74NO8P/c1-6-8-10-12-14-16-18-20-21-22-24-25-27-29-31-33-40(43)47-37-39(38-49-51(45,46)48-36-35-42(3,4)5)50-41(44)34-32-30-28-26-23-19-17-15-13-11-9-7-2/h8,10,14,16,20-21,24-25,39H,6-7,9,11-13,15,17-19,22-23,26-38H2,1-5H3/p+1/b10-8-,16-14-,21-20-,25-24-/t39-/m1/s1. The largest absolute Gasteiger partial charge is 0.472 e. The van der Waals surface area contributed by atoms with E-state index in [1.54, 1.807) is 0 Å². The van der Waals surface area contributed by atoms with Crippen LogP contribution in [0, 0.1) is 0 Å². The number of ether oxygens (including phenoxy) is 2. The first kappa shape index (κ1) is 49.0. The Hall–Kier alpha value is -2.03. The Morgan fingerprint density at radius 3 is 1.67 bits per heavy atom. The molecule has 0 saturated heterocycles. The zero-order valence-corrected chi connectivity index (χ0v) is 34.0. The molecule has 0 bridgehead atoms. The summed E-state index contributed by atoms with van der Waals surface area (Å²) in [5.74, 6) is -0.850. The maximum absolute atomic E-state index is 12.6. The number of hydrogen-bond donors (Lipinski definition) is 1. The van der Waals surface area contributed by atoms with Crippen molar-refractivity contribution >= 4 is 19.8 Å². The number of quaternary nitrogens is 1. The highest BCUT2D eigenvalue weighted by Crippen LogP contribution is 2.43. The van der Waals surface area contributed by atoms with Crippen LogP contribution in [-0.4, -0.2) is 74.9 Å². The van der Waals surface area contributed by atoms with Gasteiger partial charge in [-0.2, -0.15) is 0 Å². The molecule has 0 saturated carbocycles. The van der Waals surface area contributed by atoms with Crippen LogP contribution in [0.2, 0.25) is 0 Å². The van der Waals surface area contributed by atoms with Crippen molar-refractivity contribution in [2.45, 2.75) is 155 Å². The Morgan fingerprint density at radius 2 is 1.12 bits per heavy atom. The van der Waals surface area contributed by atoms with Crippen LogP contribution in [0.4, 0.5) is 0 Å². The quantitative estimate of drug-likeness (QED) is 0.0225. The Morgan fingerprint density at radius 1 is 0.627 bits per heavy atom. The summed E-state index contributed by atoms with van der Waals surface area (Å²) in [6, 6.07) is 0. The van der Waals surface area contributed by atoms with Crippen LogP contribution in [0.5, 0.6) is 0 Å². The Bertz CT molecular complexity index is 1020. The molecule has 0 fully saturated rings. The van der Waals surface area contributed by atoms with E-state index in [2.05, 4.69) is 62.5 Å². The summed E-state index contributed by atoms with van der Waals surface area (Å²) >= 11 is 0. The number of hydrogen-bond acceptors (Lipinski definition) is 7. The number of carbonyl (C=O) groups is 2. The van der Waals surface area contributed by atoms with Gasteiger partial charge >= 0.3 is 19.8 Å². The molecule has 0 aliphatic heterocycles. The van der Waals surface area contributed by atoms with Gasteiger partial charge < -0.3 is 18.9 Å². The van der Waals surface area contributed by atoms with E-state index in [1.165, 1.54) is 57.8 Å². The van der Waals surface area contributed by atoms with Crippen molar-refractivity contribution in [2.75, 3.05) is 47.5 Å². The van der Waals surface area contributed by atoms with Gasteiger partial charge in [0, 0.05) is 12.8 Å². The molecule has 0 spiro atoms. The molecule has 9 nitrogen and oxygen atoms in total.